The van der Waals surface area contributed by atoms with Crippen LogP contribution < -0.4 is 0 Å². The third-order valence-corrected chi connectivity index (χ3v) is 1.21. The molecule has 0 aliphatic rings. The summed E-state index contributed by atoms with van der Waals surface area (Å²) in [6.45, 7) is 5.39. The van der Waals surface area contributed by atoms with Crippen molar-refractivity contribution < 1.29 is 9.53 Å². The number of ether oxygens (including phenoxy) is 1. The SMILES string of the molecule is CCCC=CC(C)OC(C)=O. The summed E-state index contributed by atoms with van der Waals surface area (Å²) < 4.78 is 4.87. The van der Waals surface area contributed by atoms with E-state index in [2.05, 4.69) is 6.92 Å². The molecular weight excluding hydrogens is 140 g/mol. The minimum atomic E-state index is -0.223. The summed E-state index contributed by atoms with van der Waals surface area (Å²) in [7, 11) is 0. The lowest BCUT2D eigenvalue weighted by molar-refractivity contribution is -0.143. The van der Waals surface area contributed by atoms with Gasteiger partial charge in [-0.1, -0.05) is 19.4 Å². The first-order chi connectivity index (χ1) is 5.16. The number of hydrogen-bond donors (Lipinski definition) is 0. The molecule has 0 saturated carbocycles. The fourth-order valence-corrected chi connectivity index (χ4v) is 0.756. The molecule has 2 nitrogen and oxygen atoms in total. The van der Waals surface area contributed by atoms with Crippen LogP contribution in [0.25, 0.3) is 0 Å². The van der Waals surface area contributed by atoms with Crippen molar-refractivity contribution in [1.82, 2.24) is 0 Å². The average Bonchev–Trinajstić information content (AvgIpc) is 1.86. The lowest BCUT2D eigenvalue weighted by Crippen LogP contribution is -2.08. The van der Waals surface area contributed by atoms with Crippen LogP contribution >= 0.6 is 0 Å². The monoisotopic (exact) mass is 156 g/mol. The van der Waals surface area contributed by atoms with Gasteiger partial charge in [0.05, 0.1) is 0 Å². The maximum Gasteiger partial charge on any atom is 0.303 e. The topological polar surface area (TPSA) is 26.3 Å². The first-order valence-electron chi connectivity index (χ1n) is 4.00. The number of unbranched alkanes of at least 4 members (excludes halogenated alkanes) is 1. The zero-order chi connectivity index (χ0) is 8.69. The number of hydrogen-bond acceptors (Lipinski definition) is 2. The third kappa shape index (κ3) is 7.10. The Balaban J connectivity index is 3.50. The van der Waals surface area contributed by atoms with Gasteiger partial charge in [-0.2, -0.15) is 0 Å². The van der Waals surface area contributed by atoms with Gasteiger partial charge in [0.15, 0.2) is 0 Å². The smallest absolute Gasteiger partial charge is 0.303 e. The normalized spacial score (nSPS) is 13.4. The molecule has 1 atom stereocenters. The fourth-order valence-electron chi connectivity index (χ4n) is 0.756. The Morgan fingerprint density at radius 1 is 1.64 bits per heavy atom. The van der Waals surface area contributed by atoms with Crippen LogP contribution in [0.2, 0.25) is 0 Å². The zero-order valence-electron chi connectivity index (χ0n) is 7.46. The Morgan fingerprint density at radius 2 is 2.27 bits per heavy atom. The van der Waals surface area contributed by atoms with E-state index in [4.69, 9.17) is 4.74 Å². The number of rotatable bonds is 4. The van der Waals surface area contributed by atoms with Crippen LogP contribution in [-0.2, 0) is 9.53 Å². The van der Waals surface area contributed by atoms with Crippen molar-refractivity contribution in [2.75, 3.05) is 0 Å². The predicted molar refractivity (Wildman–Crippen MR) is 45.3 cm³/mol. The van der Waals surface area contributed by atoms with Gasteiger partial charge in [-0.15, -0.1) is 0 Å². The molecule has 0 N–H and O–H groups in total. The summed E-state index contributed by atoms with van der Waals surface area (Å²) in [4.78, 5) is 10.4. The molecule has 0 aromatic rings. The van der Waals surface area contributed by atoms with E-state index in [1.165, 1.54) is 6.92 Å². The van der Waals surface area contributed by atoms with Crippen molar-refractivity contribution in [2.45, 2.75) is 39.7 Å². The van der Waals surface area contributed by atoms with Gasteiger partial charge < -0.3 is 4.74 Å². The van der Waals surface area contributed by atoms with Crippen LogP contribution in [0, 0.1) is 0 Å². The van der Waals surface area contributed by atoms with Gasteiger partial charge in [-0.05, 0) is 19.4 Å². The van der Waals surface area contributed by atoms with E-state index in [1.54, 1.807) is 0 Å². The van der Waals surface area contributed by atoms with E-state index in [1.807, 2.05) is 19.1 Å². The zero-order valence-corrected chi connectivity index (χ0v) is 7.46. The maximum atomic E-state index is 10.4. The highest BCUT2D eigenvalue weighted by atomic mass is 16.5. The minimum Gasteiger partial charge on any atom is -0.459 e. The van der Waals surface area contributed by atoms with Gasteiger partial charge in [-0.3, -0.25) is 4.79 Å². The highest BCUT2D eigenvalue weighted by Gasteiger charge is 1.98. The summed E-state index contributed by atoms with van der Waals surface area (Å²) >= 11 is 0. The van der Waals surface area contributed by atoms with Gasteiger partial charge in [0, 0.05) is 6.92 Å². The van der Waals surface area contributed by atoms with E-state index >= 15 is 0 Å². The van der Waals surface area contributed by atoms with Crippen LogP contribution in [0.3, 0.4) is 0 Å². The molecule has 2 heteroatoms. The van der Waals surface area contributed by atoms with Gasteiger partial charge in [0.1, 0.15) is 6.10 Å². The van der Waals surface area contributed by atoms with Crippen molar-refractivity contribution in [2.24, 2.45) is 0 Å². The second kappa shape index (κ2) is 5.96. The second-order valence-electron chi connectivity index (χ2n) is 2.53. The molecule has 1 unspecified atom stereocenters. The van der Waals surface area contributed by atoms with E-state index < -0.39 is 0 Å². The first-order valence-corrected chi connectivity index (χ1v) is 4.00. The van der Waals surface area contributed by atoms with E-state index in [0.717, 1.165) is 12.8 Å². The van der Waals surface area contributed by atoms with E-state index in [0.29, 0.717) is 0 Å². The number of esters is 1. The summed E-state index contributed by atoms with van der Waals surface area (Å²) in [5.74, 6) is -0.223. The van der Waals surface area contributed by atoms with Gasteiger partial charge in [0.25, 0.3) is 0 Å². The fraction of sp³-hybridized carbons (Fsp3) is 0.667. The Kier molecular flexibility index (Phi) is 5.53. The number of carbonyl (C=O) groups excluding carboxylic acids is 1. The molecule has 0 aromatic heterocycles. The molecule has 0 aliphatic heterocycles. The molecule has 0 aliphatic carbocycles. The van der Waals surface area contributed by atoms with Crippen LogP contribution in [0.15, 0.2) is 12.2 Å². The molecule has 0 spiro atoms. The van der Waals surface area contributed by atoms with Gasteiger partial charge in [0.2, 0.25) is 0 Å². The standard InChI is InChI=1S/C9H16O2/c1-4-5-6-7-8(2)11-9(3)10/h6-8H,4-5H2,1-3H3. The predicted octanol–water partition coefficient (Wildman–Crippen LogP) is 2.29. The number of allylic oxidation sites excluding steroid dienone is 1. The molecule has 0 radical (unpaired) electrons. The Labute approximate surface area is 68.2 Å². The number of carbonyl (C=O) groups is 1. The Bertz CT molecular complexity index is 138. The van der Waals surface area contributed by atoms with E-state index in [-0.39, 0.29) is 12.1 Å². The Hall–Kier alpha value is -0.790. The molecule has 0 saturated heterocycles. The van der Waals surface area contributed by atoms with Crippen molar-refractivity contribution in [3.63, 3.8) is 0 Å². The molecule has 0 heterocycles. The quantitative estimate of drug-likeness (QED) is 0.461. The second-order valence-corrected chi connectivity index (χ2v) is 2.53. The molecule has 0 bridgehead atoms. The molecule has 0 rings (SSSR count). The summed E-state index contributed by atoms with van der Waals surface area (Å²) in [6, 6.07) is 0. The van der Waals surface area contributed by atoms with Crippen LogP contribution in [0.5, 0.6) is 0 Å². The molecule has 11 heavy (non-hydrogen) atoms. The molecular formula is C9H16O2. The van der Waals surface area contributed by atoms with Crippen molar-refractivity contribution >= 4 is 5.97 Å². The molecule has 0 fully saturated rings. The highest BCUT2D eigenvalue weighted by molar-refractivity contribution is 5.66. The summed E-state index contributed by atoms with van der Waals surface area (Å²) in [6.07, 6.45) is 6.03. The Morgan fingerprint density at radius 3 is 2.73 bits per heavy atom. The maximum absolute atomic E-state index is 10.4. The largest absolute Gasteiger partial charge is 0.459 e. The average molecular weight is 156 g/mol. The third-order valence-electron chi connectivity index (χ3n) is 1.21. The van der Waals surface area contributed by atoms with Crippen molar-refractivity contribution in [3.05, 3.63) is 12.2 Å². The first kappa shape index (κ1) is 10.2. The highest BCUT2D eigenvalue weighted by Crippen LogP contribution is 1.96. The lowest BCUT2D eigenvalue weighted by Gasteiger charge is -2.05. The van der Waals surface area contributed by atoms with Crippen molar-refractivity contribution in [1.29, 1.82) is 0 Å². The summed E-state index contributed by atoms with van der Waals surface area (Å²) in [5.41, 5.74) is 0. The molecule has 64 valence electrons. The van der Waals surface area contributed by atoms with E-state index in [9.17, 15) is 4.79 Å². The van der Waals surface area contributed by atoms with Gasteiger partial charge >= 0.3 is 5.97 Å². The van der Waals surface area contributed by atoms with Crippen molar-refractivity contribution in [3.8, 4) is 0 Å². The van der Waals surface area contributed by atoms with Crippen LogP contribution in [0.4, 0.5) is 0 Å². The lowest BCUT2D eigenvalue weighted by atomic mass is 10.3. The van der Waals surface area contributed by atoms with Gasteiger partial charge in [-0.25, -0.2) is 0 Å². The van der Waals surface area contributed by atoms with Crippen LogP contribution in [0.1, 0.15) is 33.6 Å². The van der Waals surface area contributed by atoms with Crippen LogP contribution in [-0.4, -0.2) is 12.1 Å². The molecule has 0 aromatic carbocycles. The minimum absolute atomic E-state index is 0.0842. The summed E-state index contributed by atoms with van der Waals surface area (Å²) in [5, 5.41) is 0. The molecule has 0 amide bonds.